The molecule has 0 bridgehead atoms. The molecule has 2 aromatic heterocycles. The number of pyridine rings is 2. The second-order valence-electron chi connectivity index (χ2n) is 7.52. The number of hydrogen-bond donors (Lipinski definition) is 2. The number of hydrogen-bond acceptors (Lipinski definition) is 7. The zero-order chi connectivity index (χ0) is 19.8. The van der Waals surface area contributed by atoms with Gasteiger partial charge in [0.1, 0.15) is 5.82 Å². The zero-order valence-corrected chi connectivity index (χ0v) is 16.1. The summed E-state index contributed by atoms with van der Waals surface area (Å²) in [7, 11) is 0. The fraction of sp³-hybridized carbons (Fsp3) is 0.550. The first-order chi connectivity index (χ1) is 13.5. The van der Waals surface area contributed by atoms with Crippen LogP contribution in [-0.4, -0.2) is 59.0 Å². The van der Waals surface area contributed by atoms with Crippen molar-refractivity contribution in [3.63, 3.8) is 0 Å². The van der Waals surface area contributed by atoms with Crippen molar-refractivity contribution in [1.82, 2.24) is 9.55 Å². The number of carbonyl (C=O) groups is 1. The van der Waals surface area contributed by atoms with Crippen molar-refractivity contribution >= 4 is 22.5 Å². The Bertz CT molecular complexity index is 964. The molecule has 28 heavy (non-hydrogen) atoms. The fourth-order valence-electron chi connectivity index (χ4n) is 4.12. The highest BCUT2D eigenvalue weighted by Crippen LogP contribution is 2.28. The lowest BCUT2D eigenvalue weighted by Gasteiger charge is -2.29. The van der Waals surface area contributed by atoms with Gasteiger partial charge in [0.15, 0.2) is 5.78 Å². The number of nitrogens with one attached hydrogen (secondary N) is 1. The van der Waals surface area contributed by atoms with Gasteiger partial charge in [0, 0.05) is 30.9 Å². The van der Waals surface area contributed by atoms with Crippen molar-refractivity contribution in [2.75, 3.05) is 31.7 Å². The monoisotopic (exact) mass is 387 g/mol. The van der Waals surface area contributed by atoms with Crippen molar-refractivity contribution in [2.45, 2.75) is 44.9 Å². The molecule has 2 fully saturated rings. The normalized spacial score (nSPS) is 25.2. The maximum absolute atomic E-state index is 13.2. The summed E-state index contributed by atoms with van der Waals surface area (Å²) in [6, 6.07) is 1.55. The van der Waals surface area contributed by atoms with E-state index in [9.17, 15) is 14.7 Å². The summed E-state index contributed by atoms with van der Waals surface area (Å²) in [5.41, 5.74) is 1.30. The molecule has 2 aliphatic rings. The highest BCUT2D eigenvalue weighted by atomic mass is 16.5. The molecule has 8 heteroatoms. The van der Waals surface area contributed by atoms with Gasteiger partial charge in [0.2, 0.25) is 0 Å². The van der Waals surface area contributed by atoms with Gasteiger partial charge in [-0.25, -0.2) is 4.98 Å². The smallest absolute Gasteiger partial charge is 0.262 e. The van der Waals surface area contributed by atoms with Crippen molar-refractivity contribution in [1.29, 1.82) is 0 Å². The van der Waals surface area contributed by atoms with E-state index in [2.05, 4.69) is 10.3 Å². The molecule has 3 atom stereocenters. The summed E-state index contributed by atoms with van der Waals surface area (Å²) >= 11 is 0. The van der Waals surface area contributed by atoms with Crippen LogP contribution in [0.1, 0.15) is 41.7 Å². The van der Waals surface area contributed by atoms with Gasteiger partial charge >= 0.3 is 0 Å². The molecule has 0 radical (unpaired) electrons. The minimum Gasteiger partial charge on any atom is -0.389 e. The summed E-state index contributed by atoms with van der Waals surface area (Å²) in [6.07, 6.45) is 2.47. The number of fused-ring (bicyclic) bond motifs is 1. The van der Waals surface area contributed by atoms with Gasteiger partial charge in [-0.3, -0.25) is 9.59 Å². The molecule has 150 valence electrons. The summed E-state index contributed by atoms with van der Waals surface area (Å²) in [5.74, 6) is 0.338. The molecule has 0 spiro atoms. The van der Waals surface area contributed by atoms with Crippen LogP contribution in [0.5, 0.6) is 0 Å². The molecule has 8 nitrogen and oxygen atoms in total. The minimum atomic E-state index is -0.613. The number of ether oxygens (including phenoxy) is 2. The largest absolute Gasteiger partial charge is 0.389 e. The first kappa shape index (κ1) is 19.0. The number of ketones is 1. The van der Waals surface area contributed by atoms with Crippen LogP contribution in [0.25, 0.3) is 10.9 Å². The Balaban J connectivity index is 1.84. The van der Waals surface area contributed by atoms with Crippen molar-refractivity contribution < 1.29 is 19.4 Å². The minimum absolute atomic E-state index is 0.113. The quantitative estimate of drug-likeness (QED) is 0.765. The fourth-order valence-corrected chi connectivity index (χ4v) is 4.12. The number of aliphatic hydroxyl groups is 1. The van der Waals surface area contributed by atoms with Gasteiger partial charge in [-0.15, -0.1) is 0 Å². The topological polar surface area (TPSA) is 103 Å². The standard InChI is InChI=1S/C20H25N3O5/c1-11-14-8-21-18(22-15-4-6-28-10-17(15)25)7-16(14)23(13-3-5-27-9-13)20(26)19(11)12(2)24/h7-8,13,15,17,25H,3-6,9-10H2,1-2H3,(H,21,22)/t13-,15+,17+/m0/s1. The van der Waals surface area contributed by atoms with Crippen LogP contribution >= 0.6 is 0 Å². The maximum atomic E-state index is 13.2. The summed E-state index contributed by atoms with van der Waals surface area (Å²) in [5, 5.41) is 14.2. The molecule has 2 aromatic rings. The Morgan fingerprint density at radius 3 is 2.71 bits per heavy atom. The number of nitrogens with zero attached hydrogens (tertiary/aromatic N) is 2. The molecule has 4 heterocycles. The Kier molecular flexibility index (Phi) is 5.18. The lowest BCUT2D eigenvalue weighted by Crippen LogP contribution is -2.42. The van der Waals surface area contributed by atoms with Crippen LogP contribution < -0.4 is 10.9 Å². The SMILES string of the molecule is CC(=O)c1c(C)c2cnc(N[C@@H]3CCOC[C@H]3O)cc2n([C@H]2CCOC2)c1=O. The summed E-state index contributed by atoms with van der Waals surface area (Å²) < 4.78 is 12.4. The molecule has 2 saturated heterocycles. The van der Waals surface area contributed by atoms with Crippen LogP contribution in [0.3, 0.4) is 0 Å². The van der Waals surface area contributed by atoms with E-state index >= 15 is 0 Å². The van der Waals surface area contributed by atoms with E-state index in [-0.39, 0.29) is 35.6 Å². The number of carbonyl (C=O) groups excluding carboxylic acids is 1. The number of rotatable bonds is 4. The van der Waals surface area contributed by atoms with E-state index in [0.717, 1.165) is 17.3 Å². The van der Waals surface area contributed by atoms with Crippen molar-refractivity contribution in [3.05, 3.63) is 33.7 Å². The molecular weight excluding hydrogens is 362 g/mol. The number of aliphatic hydroxyl groups excluding tert-OH is 1. The van der Waals surface area contributed by atoms with Gasteiger partial charge in [0.05, 0.1) is 42.5 Å². The van der Waals surface area contributed by atoms with Gasteiger partial charge in [-0.1, -0.05) is 0 Å². The lowest BCUT2D eigenvalue weighted by molar-refractivity contribution is -0.0135. The van der Waals surface area contributed by atoms with Gasteiger partial charge in [0.25, 0.3) is 5.56 Å². The first-order valence-corrected chi connectivity index (χ1v) is 9.63. The number of Topliss-reactive ketones (excluding diaryl/α,β-unsaturated/α-hetero) is 1. The van der Waals surface area contributed by atoms with Crippen LogP contribution in [-0.2, 0) is 9.47 Å². The molecule has 4 rings (SSSR count). The highest BCUT2D eigenvalue weighted by molar-refractivity contribution is 6.00. The van der Waals surface area contributed by atoms with Gasteiger partial charge in [-0.2, -0.15) is 0 Å². The van der Waals surface area contributed by atoms with E-state index < -0.39 is 6.10 Å². The molecule has 0 amide bonds. The molecule has 0 aromatic carbocycles. The van der Waals surface area contributed by atoms with Crippen LogP contribution in [0.4, 0.5) is 5.82 Å². The number of aryl methyl sites for hydroxylation is 1. The highest BCUT2D eigenvalue weighted by Gasteiger charge is 2.27. The molecule has 2 N–H and O–H groups in total. The molecule has 0 unspecified atom stereocenters. The molecule has 2 aliphatic heterocycles. The van der Waals surface area contributed by atoms with Gasteiger partial charge < -0.3 is 24.5 Å². The van der Waals surface area contributed by atoms with Crippen LogP contribution in [0.15, 0.2) is 17.1 Å². The Morgan fingerprint density at radius 2 is 2.04 bits per heavy atom. The van der Waals surface area contributed by atoms with Crippen LogP contribution in [0, 0.1) is 6.92 Å². The predicted molar refractivity (Wildman–Crippen MR) is 104 cm³/mol. The van der Waals surface area contributed by atoms with Crippen molar-refractivity contribution in [2.24, 2.45) is 0 Å². The third-order valence-electron chi connectivity index (χ3n) is 5.64. The maximum Gasteiger partial charge on any atom is 0.262 e. The zero-order valence-electron chi connectivity index (χ0n) is 16.1. The molecular formula is C20H25N3O5. The van der Waals surface area contributed by atoms with Crippen LogP contribution in [0.2, 0.25) is 0 Å². The molecule has 0 saturated carbocycles. The Hall–Kier alpha value is -2.29. The second-order valence-corrected chi connectivity index (χ2v) is 7.52. The van der Waals surface area contributed by atoms with E-state index in [1.165, 1.54) is 6.92 Å². The third kappa shape index (κ3) is 3.32. The summed E-state index contributed by atoms with van der Waals surface area (Å²) in [6.45, 7) is 5.10. The lowest BCUT2D eigenvalue weighted by atomic mass is 10.0. The average molecular weight is 387 g/mol. The van der Waals surface area contributed by atoms with Gasteiger partial charge in [-0.05, 0) is 32.3 Å². The Morgan fingerprint density at radius 1 is 1.29 bits per heavy atom. The van der Waals surface area contributed by atoms with E-state index in [0.29, 0.717) is 37.6 Å². The predicted octanol–water partition coefficient (Wildman–Crippen LogP) is 1.43. The van der Waals surface area contributed by atoms with E-state index in [4.69, 9.17) is 9.47 Å². The number of aromatic nitrogens is 2. The third-order valence-corrected chi connectivity index (χ3v) is 5.64. The first-order valence-electron chi connectivity index (χ1n) is 9.63. The molecule has 0 aliphatic carbocycles. The summed E-state index contributed by atoms with van der Waals surface area (Å²) in [4.78, 5) is 29.8. The number of anilines is 1. The van der Waals surface area contributed by atoms with E-state index in [1.54, 1.807) is 17.7 Å². The second kappa shape index (κ2) is 7.62. The van der Waals surface area contributed by atoms with Crippen molar-refractivity contribution in [3.8, 4) is 0 Å². The van der Waals surface area contributed by atoms with E-state index in [1.807, 2.05) is 6.07 Å². The average Bonchev–Trinajstić information content (AvgIpc) is 3.17. The Labute approximate surface area is 162 Å².